The van der Waals surface area contributed by atoms with Crippen LogP contribution in [0, 0.1) is 5.82 Å². The summed E-state index contributed by atoms with van der Waals surface area (Å²) in [5.74, 6) is -0.429. The van der Waals surface area contributed by atoms with Crippen LogP contribution in [0.1, 0.15) is 12.8 Å². The largest absolute Gasteiger partial charge is 0.394 e. The molecule has 0 atom stereocenters. The lowest BCUT2D eigenvalue weighted by atomic mass is 9.94. The molecule has 5 aromatic rings. The summed E-state index contributed by atoms with van der Waals surface area (Å²) in [6.07, 6.45) is 4.40. The van der Waals surface area contributed by atoms with Crippen molar-refractivity contribution < 1.29 is 9.18 Å². The van der Waals surface area contributed by atoms with Crippen molar-refractivity contribution in [2.45, 2.75) is 12.8 Å². The fourth-order valence-corrected chi connectivity index (χ4v) is 4.62. The van der Waals surface area contributed by atoms with Crippen LogP contribution in [0.4, 0.5) is 15.8 Å². The summed E-state index contributed by atoms with van der Waals surface area (Å²) in [5, 5.41) is 8.47. The monoisotopic (exact) mass is 428 g/mol. The highest BCUT2D eigenvalue weighted by molar-refractivity contribution is 6.19. The molecule has 0 saturated carbocycles. The second-order valence-electron chi connectivity index (χ2n) is 7.86. The highest BCUT2D eigenvalue weighted by atomic mass is 19.1. The average molecular weight is 428 g/mol. The molecule has 6 rings (SSSR count). The van der Waals surface area contributed by atoms with Gasteiger partial charge in [-0.3, -0.25) is 19.7 Å². The van der Waals surface area contributed by atoms with E-state index >= 15 is 0 Å². The summed E-state index contributed by atoms with van der Waals surface area (Å²) in [4.78, 5) is 34.5. The molecular weight excluding hydrogens is 411 g/mol. The van der Waals surface area contributed by atoms with Crippen LogP contribution in [0.2, 0.25) is 0 Å². The van der Waals surface area contributed by atoms with E-state index in [-0.39, 0.29) is 17.1 Å². The molecule has 0 spiro atoms. The van der Waals surface area contributed by atoms with Gasteiger partial charge in [-0.2, -0.15) is 5.10 Å². The number of nitrogens with one attached hydrogen (secondary N) is 2. The van der Waals surface area contributed by atoms with Crippen molar-refractivity contribution in [1.82, 2.24) is 20.2 Å². The maximum absolute atomic E-state index is 14.3. The summed E-state index contributed by atoms with van der Waals surface area (Å²) in [6, 6.07) is 8.37. The number of pyridine rings is 2. The Morgan fingerprint density at radius 2 is 1.97 bits per heavy atom. The van der Waals surface area contributed by atoms with Crippen LogP contribution in [-0.4, -0.2) is 32.6 Å². The zero-order valence-electron chi connectivity index (χ0n) is 16.8. The van der Waals surface area contributed by atoms with Crippen LogP contribution in [0.3, 0.4) is 0 Å². The number of halogens is 1. The van der Waals surface area contributed by atoms with Gasteiger partial charge in [-0.1, -0.05) is 6.07 Å². The maximum atomic E-state index is 14.3. The minimum Gasteiger partial charge on any atom is -0.394 e. The lowest BCUT2D eigenvalue weighted by molar-refractivity contribution is -0.117. The topological polar surface area (TPSA) is 121 Å². The number of aromatic nitrogens is 4. The van der Waals surface area contributed by atoms with Gasteiger partial charge in [-0.25, -0.2) is 4.39 Å². The van der Waals surface area contributed by atoms with E-state index in [2.05, 4.69) is 20.2 Å². The van der Waals surface area contributed by atoms with Gasteiger partial charge < -0.3 is 15.6 Å². The molecular formula is C23H17FN6O2. The molecule has 4 N–H and O–H groups in total. The Morgan fingerprint density at radius 1 is 1.09 bits per heavy atom. The van der Waals surface area contributed by atoms with E-state index < -0.39 is 11.4 Å². The normalized spacial score (nSPS) is 14.3. The third-order valence-electron chi connectivity index (χ3n) is 6.09. The Morgan fingerprint density at radius 3 is 2.78 bits per heavy atom. The number of rotatable bonds is 2. The number of anilines is 2. The van der Waals surface area contributed by atoms with E-state index in [4.69, 9.17) is 5.73 Å². The second kappa shape index (κ2) is 6.61. The highest BCUT2D eigenvalue weighted by Gasteiger charge is 2.26. The molecule has 2 aromatic carbocycles. The van der Waals surface area contributed by atoms with Crippen LogP contribution < -0.4 is 16.2 Å². The Labute approximate surface area is 179 Å². The van der Waals surface area contributed by atoms with Crippen LogP contribution in [-0.2, 0) is 4.79 Å². The molecule has 1 aliphatic rings. The predicted octanol–water partition coefficient (Wildman–Crippen LogP) is 3.47. The first kappa shape index (κ1) is 18.5. The van der Waals surface area contributed by atoms with Gasteiger partial charge >= 0.3 is 0 Å². The number of benzene rings is 2. The number of carbonyl (C=O) groups is 1. The molecule has 1 fully saturated rings. The first-order valence-corrected chi connectivity index (χ1v) is 10.2. The third kappa shape index (κ3) is 2.48. The Bertz CT molecular complexity index is 1640. The Kier molecular flexibility index (Phi) is 3.82. The SMILES string of the molecule is Nc1c(-c2ccc(F)c3[nH]ncc23)c2cc(N3CCCC3=O)c3ncccc3c2[nH]c1=O. The standard InChI is InChI=1S/C23H17FN6O2/c24-15-6-5-11(14-10-27-29-21(14)15)18-13-9-16(30-8-2-4-17(30)31)22-12(3-1-7-26-22)20(13)28-23(32)19(18)25/h1,3,5-7,9-10H,2,4,8,25H2,(H,27,29)(H,28,32). The van der Waals surface area contributed by atoms with Crippen LogP contribution >= 0.6 is 0 Å². The van der Waals surface area contributed by atoms with Crippen molar-refractivity contribution in [3.63, 3.8) is 0 Å². The molecule has 9 heteroatoms. The number of amides is 1. The number of fused-ring (bicyclic) bond motifs is 4. The van der Waals surface area contributed by atoms with E-state index in [0.717, 1.165) is 6.42 Å². The second-order valence-corrected chi connectivity index (χ2v) is 7.86. The smallest absolute Gasteiger partial charge is 0.272 e. The van der Waals surface area contributed by atoms with Crippen LogP contribution in [0.25, 0.3) is 43.8 Å². The lowest BCUT2D eigenvalue weighted by Crippen LogP contribution is -2.24. The first-order chi connectivity index (χ1) is 15.5. The predicted molar refractivity (Wildman–Crippen MR) is 121 cm³/mol. The zero-order chi connectivity index (χ0) is 22.0. The third-order valence-corrected chi connectivity index (χ3v) is 6.09. The molecule has 4 heterocycles. The fraction of sp³-hybridized carbons (Fsp3) is 0.130. The maximum Gasteiger partial charge on any atom is 0.272 e. The molecule has 32 heavy (non-hydrogen) atoms. The molecule has 0 aliphatic carbocycles. The van der Waals surface area contributed by atoms with Crippen molar-refractivity contribution in [3.8, 4) is 11.1 Å². The Hall–Kier alpha value is -4.27. The average Bonchev–Trinajstić information content (AvgIpc) is 3.45. The fourth-order valence-electron chi connectivity index (χ4n) is 4.62. The van der Waals surface area contributed by atoms with Crippen LogP contribution in [0.15, 0.2) is 47.5 Å². The van der Waals surface area contributed by atoms with Crippen LogP contribution in [0.5, 0.6) is 0 Å². The highest BCUT2D eigenvalue weighted by Crippen LogP contribution is 2.41. The summed E-state index contributed by atoms with van der Waals surface area (Å²) in [5.41, 5.74) is 8.95. The van der Waals surface area contributed by atoms with Crippen molar-refractivity contribution >= 4 is 50.0 Å². The molecule has 1 amide bonds. The summed E-state index contributed by atoms with van der Waals surface area (Å²) in [6.45, 7) is 0.590. The molecule has 0 radical (unpaired) electrons. The van der Waals surface area contributed by atoms with E-state index in [1.807, 2.05) is 12.1 Å². The van der Waals surface area contributed by atoms with Gasteiger partial charge in [0.15, 0.2) is 0 Å². The number of aromatic amines is 2. The lowest BCUT2D eigenvalue weighted by Gasteiger charge is -2.20. The Balaban J connectivity index is 1.80. The molecule has 158 valence electrons. The van der Waals surface area contributed by atoms with Crippen molar-refractivity contribution in [3.05, 3.63) is 58.9 Å². The van der Waals surface area contributed by atoms with Gasteiger partial charge in [-0.15, -0.1) is 0 Å². The number of nitrogens with two attached hydrogens (primary N) is 1. The minimum absolute atomic E-state index is 0.00791. The molecule has 0 bridgehead atoms. The van der Waals surface area contributed by atoms with Crippen molar-refractivity contribution in [2.24, 2.45) is 0 Å². The number of hydrogen-bond donors (Lipinski definition) is 3. The van der Waals surface area contributed by atoms with Gasteiger partial charge in [-0.05, 0) is 36.2 Å². The molecule has 1 aliphatic heterocycles. The number of hydrogen-bond acceptors (Lipinski definition) is 5. The van der Waals surface area contributed by atoms with Crippen molar-refractivity contribution in [2.75, 3.05) is 17.2 Å². The quantitative estimate of drug-likeness (QED) is 0.372. The van der Waals surface area contributed by atoms with E-state index in [1.54, 1.807) is 23.2 Å². The van der Waals surface area contributed by atoms with E-state index in [1.165, 1.54) is 12.3 Å². The van der Waals surface area contributed by atoms with Gasteiger partial charge in [0.1, 0.15) is 17.0 Å². The zero-order valence-corrected chi connectivity index (χ0v) is 16.8. The molecule has 0 unspecified atom stereocenters. The summed E-state index contributed by atoms with van der Waals surface area (Å²) < 4.78 is 14.3. The van der Waals surface area contributed by atoms with E-state index in [9.17, 15) is 14.0 Å². The van der Waals surface area contributed by atoms with Crippen molar-refractivity contribution in [1.29, 1.82) is 0 Å². The van der Waals surface area contributed by atoms with Gasteiger partial charge in [0, 0.05) is 40.9 Å². The van der Waals surface area contributed by atoms with Gasteiger partial charge in [0.2, 0.25) is 5.91 Å². The molecule has 3 aromatic heterocycles. The summed E-state index contributed by atoms with van der Waals surface area (Å²) >= 11 is 0. The van der Waals surface area contributed by atoms with Gasteiger partial charge in [0.05, 0.1) is 22.9 Å². The van der Waals surface area contributed by atoms with E-state index in [0.29, 0.717) is 57.0 Å². The van der Waals surface area contributed by atoms with Gasteiger partial charge in [0.25, 0.3) is 5.56 Å². The molecule has 8 nitrogen and oxygen atoms in total. The number of carbonyl (C=O) groups excluding carboxylic acids is 1. The number of nitrogens with zero attached hydrogens (tertiary/aromatic N) is 3. The number of nitrogen functional groups attached to an aromatic ring is 1. The number of H-pyrrole nitrogens is 2. The minimum atomic E-state index is -0.455. The molecule has 1 saturated heterocycles. The summed E-state index contributed by atoms with van der Waals surface area (Å²) in [7, 11) is 0. The first-order valence-electron chi connectivity index (χ1n) is 10.2.